The third kappa shape index (κ3) is 6.90. The number of carbonyl (C=O) groups is 1. The predicted molar refractivity (Wildman–Crippen MR) is 159 cm³/mol. The molecule has 1 saturated heterocycles. The van der Waals surface area contributed by atoms with Crippen LogP contribution in [0.2, 0.25) is 0 Å². The molecule has 1 aliphatic rings. The second-order valence-electron chi connectivity index (χ2n) is 10.4. The second kappa shape index (κ2) is 12.1. The molecule has 0 aliphatic carbocycles. The number of carbonyl (C=O) groups excluding carboxylic acids is 1. The van der Waals surface area contributed by atoms with Gasteiger partial charge >= 0.3 is 0 Å². The molecule has 0 unspecified atom stereocenters. The van der Waals surface area contributed by atoms with Crippen molar-refractivity contribution in [2.45, 2.75) is 44.2 Å². The molecule has 0 saturated carbocycles. The molecule has 3 aromatic carbocycles. The highest BCUT2D eigenvalue weighted by Crippen LogP contribution is 2.25. The first-order chi connectivity index (χ1) is 19.7. The van der Waals surface area contributed by atoms with E-state index in [0.717, 1.165) is 49.2 Å². The van der Waals surface area contributed by atoms with Crippen LogP contribution >= 0.6 is 0 Å². The number of aromatic amines is 1. The first-order valence-corrected chi connectivity index (χ1v) is 15.0. The molecule has 1 amide bonds. The summed E-state index contributed by atoms with van der Waals surface area (Å²) in [5.41, 5.74) is 3.93. The SMILES string of the molecule is Cc1cccc(C)c1-c1cc(=O)[nH]c(NS(=O)(=O)c2cccc(C(=O)N[C@H]3CCCN(Cc4ccccc4)C3)c2)n1. The third-order valence-electron chi connectivity index (χ3n) is 7.21. The highest BCUT2D eigenvalue weighted by Gasteiger charge is 2.23. The van der Waals surface area contributed by atoms with E-state index in [1.54, 1.807) is 6.07 Å². The predicted octanol–water partition coefficient (Wildman–Crippen LogP) is 4.25. The van der Waals surface area contributed by atoms with Crippen LogP contribution in [-0.2, 0) is 16.6 Å². The summed E-state index contributed by atoms with van der Waals surface area (Å²) in [5, 5.41) is 3.07. The number of benzene rings is 3. The second-order valence-corrected chi connectivity index (χ2v) is 12.1. The first kappa shape index (κ1) is 28.3. The van der Waals surface area contributed by atoms with E-state index in [1.165, 1.54) is 29.8 Å². The standard InChI is InChI=1S/C31H33N5O4S/c1-21-9-6-10-22(2)29(21)27-18-28(37)34-31(33-27)35-41(39,40)26-15-7-13-24(17-26)30(38)32-25-14-8-16-36(20-25)19-23-11-4-3-5-12-23/h3-7,9-13,15,17-18,25H,8,14,16,19-20H2,1-2H3,(H,32,38)(H2,33,34,35,37)/t25-/m0/s1. The molecule has 212 valence electrons. The summed E-state index contributed by atoms with van der Waals surface area (Å²) in [5.74, 6) is -0.539. The van der Waals surface area contributed by atoms with Crippen LogP contribution in [0.1, 0.15) is 39.9 Å². The van der Waals surface area contributed by atoms with Gasteiger partial charge in [-0.1, -0.05) is 54.6 Å². The lowest BCUT2D eigenvalue weighted by Crippen LogP contribution is -2.47. The average molecular weight is 572 g/mol. The number of hydrogen-bond donors (Lipinski definition) is 3. The lowest BCUT2D eigenvalue weighted by molar-refractivity contribution is 0.0900. The van der Waals surface area contributed by atoms with Gasteiger partial charge in [0.15, 0.2) is 0 Å². The number of nitrogens with zero attached hydrogens (tertiary/aromatic N) is 2. The minimum absolute atomic E-state index is 0.0414. The Morgan fingerprint density at radius 2 is 1.73 bits per heavy atom. The van der Waals surface area contributed by atoms with Crippen molar-refractivity contribution in [1.82, 2.24) is 20.2 Å². The van der Waals surface area contributed by atoms with Crippen molar-refractivity contribution in [2.24, 2.45) is 0 Å². The van der Waals surface area contributed by atoms with E-state index in [0.29, 0.717) is 5.69 Å². The highest BCUT2D eigenvalue weighted by atomic mass is 32.2. The summed E-state index contributed by atoms with van der Waals surface area (Å²) < 4.78 is 28.9. The maximum atomic E-state index is 13.3. The topological polar surface area (TPSA) is 124 Å². The molecule has 2 heterocycles. The Kier molecular flexibility index (Phi) is 8.32. The first-order valence-electron chi connectivity index (χ1n) is 13.6. The van der Waals surface area contributed by atoms with Gasteiger partial charge in [-0.15, -0.1) is 0 Å². The van der Waals surface area contributed by atoms with Gasteiger partial charge < -0.3 is 5.32 Å². The molecule has 0 radical (unpaired) electrons. The molecule has 5 rings (SSSR count). The van der Waals surface area contributed by atoms with E-state index in [4.69, 9.17) is 0 Å². The number of likely N-dealkylation sites (tertiary alicyclic amines) is 1. The Labute approximate surface area is 239 Å². The molecule has 0 bridgehead atoms. The van der Waals surface area contributed by atoms with Gasteiger partial charge in [0, 0.05) is 36.3 Å². The number of sulfonamides is 1. The van der Waals surface area contributed by atoms with E-state index in [2.05, 4.69) is 37.0 Å². The molecule has 4 aromatic rings. The van der Waals surface area contributed by atoms with Crippen molar-refractivity contribution in [3.05, 3.63) is 111 Å². The van der Waals surface area contributed by atoms with Crippen LogP contribution in [-0.4, -0.2) is 48.3 Å². The molecular weight excluding hydrogens is 538 g/mol. The summed E-state index contributed by atoms with van der Waals surface area (Å²) in [6.07, 6.45) is 1.81. The fraction of sp³-hybridized carbons (Fsp3) is 0.258. The van der Waals surface area contributed by atoms with Gasteiger partial charge in [0.25, 0.3) is 21.5 Å². The lowest BCUT2D eigenvalue weighted by Gasteiger charge is -2.33. The average Bonchev–Trinajstić information content (AvgIpc) is 2.93. The number of hydrogen-bond acceptors (Lipinski definition) is 6. The Morgan fingerprint density at radius 3 is 2.49 bits per heavy atom. The van der Waals surface area contributed by atoms with E-state index in [-0.39, 0.29) is 28.4 Å². The van der Waals surface area contributed by atoms with E-state index in [9.17, 15) is 18.0 Å². The molecule has 1 aliphatic heterocycles. The number of amides is 1. The normalized spacial score (nSPS) is 15.8. The summed E-state index contributed by atoms with van der Waals surface area (Å²) in [4.78, 5) is 34.6. The van der Waals surface area contributed by atoms with Crippen molar-refractivity contribution in [2.75, 3.05) is 17.8 Å². The van der Waals surface area contributed by atoms with Gasteiger partial charge in [-0.2, -0.15) is 0 Å². The molecule has 1 fully saturated rings. The number of anilines is 1. The molecule has 9 nitrogen and oxygen atoms in total. The fourth-order valence-electron chi connectivity index (χ4n) is 5.27. The van der Waals surface area contributed by atoms with Gasteiger partial charge in [0.05, 0.1) is 10.6 Å². The largest absolute Gasteiger partial charge is 0.348 e. The highest BCUT2D eigenvalue weighted by molar-refractivity contribution is 7.92. The smallest absolute Gasteiger partial charge is 0.264 e. The number of piperidine rings is 1. The molecule has 1 aromatic heterocycles. The van der Waals surface area contributed by atoms with Gasteiger partial charge in [0.2, 0.25) is 5.95 Å². The van der Waals surface area contributed by atoms with E-state index < -0.39 is 15.6 Å². The Hall–Kier alpha value is -4.28. The Bertz CT molecular complexity index is 1700. The van der Waals surface area contributed by atoms with Crippen LogP contribution < -0.4 is 15.6 Å². The molecule has 1 atom stereocenters. The monoisotopic (exact) mass is 571 g/mol. The number of aromatic nitrogens is 2. The van der Waals surface area contributed by atoms with Crippen molar-refractivity contribution in [3.8, 4) is 11.3 Å². The maximum absolute atomic E-state index is 13.3. The van der Waals surface area contributed by atoms with Crippen molar-refractivity contribution in [1.29, 1.82) is 0 Å². The molecule has 41 heavy (non-hydrogen) atoms. The van der Waals surface area contributed by atoms with E-state index >= 15 is 0 Å². The quantitative estimate of drug-likeness (QED) is 0.291. The summed E-state index contributed by atoms with van der Waals surface area (Å²) in [7, 11) is -4.15. The minimum Gasteiger partial charge on any atom is -0.348 e. The zero-order valence-corrected chi connectivity index (χ0v) is 23.9. The summed E-state index contributed by atoms with van der Waals surface area (Å²) in [6, 6.07) is 23.0. The fourth-order valence-corrected chi connectivity index (χ4v) is 6.28. The Morgan fingerprint density at radius 1 is 1.00 bits per heavy atom. The zero-order valence-electron chi connectivity index (χ0n) is 23.1. The van der Waals surface area contributed by atoms with Gasteiger partial charge in [0.1, 0.15) is 0 Å². The van der Waals surface area contributed by atoms with Gasteiger partial charge in [-0.05, 0) is 68.1 Å². The van der Waals surface area contributed by atoms with Crippen LogP contribution in [0.15, 0.2) is 88.6 Å². The van der Waals surface area contributed by atoms with Crippen LogP contribution in [0.4, 0.5) is 5.95 Å². The van der Waals surface area contributed by atoms with Gasteiger partial charge in [-0.25, -0.2) is 18.1 Å². The van der Waals surface area contributed by atoms with Crippen LogP contribution in [0.25, 0.3) is 11.3 Å². The van der Waals surface area contributed by atoms with Crippen molar-refractivity contribution >= 4 is 21.9 Å². The van der Waals surface area contributed by atoms with Crippen molar-refractivity contribution < 1.29 is 13.2 Å². The van der Waals surface area contributed by atoms with Crippen LogP contribution in [0, 0.1) is 13.8 Å². The number of aryl methyl sites for hydroxylation is 2. The van der Waals surface area contributed by atoms with E-state index in [1.807, 2.05) is 50.2 Å². The summed E-state index contributed by atoms with van der Waals surface area (Å²) >= 11 is 0. The minimum atomic E-state index is -4.15. The zero-order chi connectivity index (χ0) is 29.0. The molecule has 10 heteroatoms. The molecule has 0 spiro atoms. The molecule has 3 N–H and O–H groups in total. The van der Waals surface area contributed by atoms with Gasteiger partial charge in [-0.3, -0.25) is 19.5 Å². The number of H-pyrrole nitrogens is 1. The number of rotatable bonds is 8. The van der Waals surface area contributed by atoms with Crippen LogP contribution in [0.5, 0.6) is 0 Å². The maximum Gasteiger partial charge on any atom is 0.264 e. The lowest BCUT2D eigenvalue weighted by atomic mass is 10.00. The Balaban J connectivity index is 1.29. The van der Waals surface area contributed by atoms with Crippen LogP contribution in [0.3, 0.4) is 0 Å². The number of nitrogens with one attached hydrogen (secondary N) is 3. The molecular formula is C31H33N5O4S. The van der Waals surface area contributed by atoms with Crippen molar-refractivity contribution in [3.63, 3.8) is 0 Å². The summed E-state index contributed by atoms with van der Waals surface area (Å²) in [6.45, 7) is 6.30. The third-order valence-corrected chi connectivity index (χ3v) is 8.54.